The minimum atomic E-state index is -2.39. The first-order chi connectivity index (χ1) is 3.21. The molecule has 0 atom stereocenters. The molecule has 0 aromatic rings. The standard InChI is InChI=1S/CH2N4O2/c6-1(7)2-4-5-3-1/h6-7H. The van der Waals surface area contributed by atoms with Gasteiger partial charge in [-0.25, -0.2) is 0 Å². The Hall–Kier alpha value is -0.880. The number of nitrogens with zero attached hydrogens (tertiary/aromatic N) is 4. The zero-order chi connectivity index (χ0) is 5.33. The monoisotopic (exact) mass is 102 g/mol. The van der Waals surface area contributed by atoms with E-state index in [1.165, 1.54) is 0 Å². The molecule has 6 heteroatoms. The normalized spacial score (nSPS) is 23.7. The maximum absolute atomic E-state index is 8.23. The smallest absolute Gasteiger partial charge is 0.326 e. The highest BCUT2D eigenvalue weighted by atomic mass is 16.6. The first-order valence-electron chi connectivity index (χ1n) is 1.49. The highest BCUT2D eigenvalue weighted by Gasteiger charge is 2.24. The number of rotatable bonds is 0. The molecule has 0 fully saturated rings. The van der Waals surface area contributed by atoms with E-state index in [9.17, 15) is 0 Å². The summed E-state index contributed by atoms with van der Waals surface area (Å²) in [5, 5.41) is 27.6. The molecule has 6 nitrogen and oxygen atoms in total. The molecular weight excluding hydrogens is 100 g/mol. The fourth-order valence-corrected chi connectivity index (χ4v) is 0.180. The molecular formula is CH2N4O2. The maximum Gasteiger partial charge on any atom is 0.412 e. The van der Waals surface area contributed by atoms with Crippen molar-refractivity contribution in [1.82, 2.24) is 0 Å². The predicted molar refractivity (Wildman–Crippen MR) is 16.9 cm³/mol. The lowest BCUT2D eigenvalue weighted by atomic mass is 10.9. The third-order valence-corrected chi connectivity index (χ3v) is 0.398. The predicted octanol–water partition coefficient (Wildman–Crippen LogP) is -0.585. The van der Waals surface area contributed by atoms with Gasteiger partial charge in [-0.15, -0.1) is 0 Å². The number of aliphatic hydroxyl groups is 2. The Morgan fingerprint density at radius 3 is 1.57 bits per heavy atom. The van der Waals surface area contributed by atoms with Crippen molar-refractivity contribution in [3.8, 4) is 0 Å². The quantitative estimate of drug-likeness (QED) is 0.400. The molecule has 7 heavy (non-hydrogen) atoms. The molecule has 0 aliphatic carbocycles. The second-order valence-corrected chi connectivity index (χ2v) is 0.979. The molecule has 0 amide bonds. The van der Waals surface area contributed by atoms with Crippen LogP contribution in [0.1, 0.15) is 0 Å². The van der Waals surface area contributed by atoms with E-state index in [1.54, 1.807) is 0 Å². The largest absolute Gasteiger partial charge is 0.412 e. The zero-order valence-electron chi connectivity index (χ0n) is 3.18. The van der Waals surface area contributed by atoms with Gasteiger partial charge in [0, 0.05) is 0 Å². The van der Waals surface area contributed by atoms with Gasteiger partial charge < -0.3 is 10.2 Å². The summed E-state index contributed by atoms with van der Waals surface area (Å²) in [6.07, 6.45) is 0. The molecule has 0 spiro atoms. The molecule has 0 aromatic carbocycles. The van der Waals surface area contributed by atoms with Crippen molar-refractivity contribution in [3.05, 3.63) is 0 Å². The van der Waals surface area contributed by atoms with Crippen LogP contribution in [0.2, 0.25) is 0 Å². The van der Waals surface area contributed by atoms with Crippen LogP contribution in [0.3, 0.4) is 0 Å². The summed E-state index contributed by atoms with van der Waals surface area (Å²) >= 11 is 0. The summed E-state index contributed by atoms with van der Waals surface area (Å²) in [5.74, 6) is 0. The van der Waals surface area contributed by atoms with Gasteiger partial charge in [-0.3, -0.25) is 0 Å². The van der Waals surface area contributed by atoms with Crippen molar-refractivity contribution in [2.45, 2.75) is 6.03 Å². The summed E-state index contributed by atoms with van der Waals surface area (Å²) in [4.78, 5) is 0. The molecule has 2 N–H and O–H groups in total. The van der Waals surface area contributed by atoms with E-state index in [2.05, 4.69) is 20.7 Å². The van der Waals surface area contributed by atoms with Crippen LogP contribution in [0.15, 0.2) is 20.7 Å². The summed E-state index contributed by atoms with van der Waals surface area (Å²) in [7, 11) is 0. The van der Waals surface area contributed by atoms with E-state index in [1.807, 2.05) is 0 Å². The van der Waals surface area contributed by atoms with E-state index < -0.39 is 6.03 Å². The highest BCUT2D eigenvalue weighted by Crippen LogP contribution is 2.10. The minimum Gasteiger partial charge on any atom is -0.326 e. The van der Waals surface area contributed by atoms with E-state index in [0.717, 1.165) is 0 Å². The van der Waals surface area contributed by atoms with Crippen LogP contribution in [0.25, 0.3) is 0 Å². The van der Waals surface area contributed by atoms with Gasteiger partial charge in [0.05, 0.1) is 0 Å². The zero-order valence-corrected chi connectivity index (χ0v) is 3.18. The third-order valence-electron chi connectivity index (χ3n) is 0.398. The molecule has 1 aliphatic heterocycles. The lowest BCUT2D eigenvalue weighted by Gasteiger charge is -1.97. The van der Waals surface area contributed by atoms with Gasteiger partial charge >= 0.3 is 6.03 Å². The SMILES string of the molecule is OC1(O)N=NN=N1. The minimum absolute atomic E-state index is 2.39. The van der Waals surface area contributed by atoms with Crippen molar-refractivity contribution < 1.29 is 10.2 Å². The van der Waals surface area contributed by atoms with Gasteiger partial charge in [-0.1, -0.05) is 10.2 Å². The molecule has 1 heterocycles. The second-order valence-electron chi connectivity index (χ2n) is 0.979. The Kier molecular flexibility index (Phi) is 0.639. The van der Waals surface area contributed by atoms with Gasteiger partial charge in [0.2, 0.25) is 0 Å². The van der Waals surface area contributed by atoms with Gasteiger partial charge in [-0.05, 0) is 10.4 Å². The van der Waals surface area contributed by atoms with Crippen LogP contribution in [0.5, 0.6) is 0 Å². The average Bonchev–Trinajstić information content (AvgIpc) is 1.84. The summed E-state index contributed by atoms with van der Waals surface area (Å²) in [6, 6.07) is -2.39. The Morgan fingerprint density at radius 1 is 1.00 bits per heavy atom. The van der Waals surface area contributed by atoms with Crippen molar-refractivity contribution in [2.75, 3.05) is 0 Å². The summed E-state index contributed by atoms with van der Waals surface area (Å²) in [6.45, 7) is 0. The van der Waals surface area contributed by atoms with Crippen molar-refractivity contribution in [2.24, 2.45) is 20.7 Å². The Labute approximate surface area is 38.2 Å². The molecule has 0 radical (unpaired) electrons. The fourth-order valence-electron chi connectivity index (χ4n) is 0.180. The molecule has 1 aliphatic rings. The van der Waals surface area contributed by atoms with Crippen molar-refractivity contribution >= 4 is 0 Å². The van der Waals surface area contributed by atoms with Gasteiger partial charge in [0.25, 0.3) is 0 Å². The molecule has 38 valence electrons. The number of hydrogen-bond acceptors (Lipinski definition) is 6. The lowest BCUT2D eigenvalue weighted by Crippen LogP contribution is -2.17. The molecule has 0 saturated carbocycles. The van der Waals surface area contributed by atoms with Crippen LogP contribution >= 0.6 is 0 Å². The van der Waals surface area contributed by atoms with E-state index in [-0.39, 0.29) is 0 Å². The Bertz CT molecular complexity index is 112. The lowest BCUT2D eigenvalue weighted by molar-refractivity contribution is -0.146. The highest BCUT2D eigenvalue weighted by molar-refractivity contribution is 4.51. The Morgan fingerprint density at radius 2 is 1.43 bits per heavy atom. The van der Waals surface area contributed by atoms with E-state index >= 15 is 0 Å². The molecule has 0 aromatic heterocycles. The molecule has 0 saturated heterocycles. The molecule has 0 bridgehead atoms. The molecule has 1 rings (SSSR count). The maximum atomic E-state index is 8.23. The summed E-state index contributed by atoms with van der Waals surface area (Å²) in [5.41, 5.74) is 0. The molecule has 0 unspecified atom stereocenters. The van der Waals surface area contributed by atoms with Gasteiger partial charge in [0.1, 0.15) is 0 Å². The first kappa shape index (κ1) is 4.28. The van der Waals surface area contributed by atoms with Crippen molar-refractivity contribution in [1.29, 1.82) is 0 Å². The van der Waals surface area contributed by atoms with E-state index in [4.69, 9.17) is 10.2 Å². The average molecular weight is 102 g/mol. The van der Waals surface area contributed by atoms with Crippen LogP contribution in [-0.2, 0) is 0 Å². The number of hydrogen-bond donors (Lipinski definition) is 2. The first-order valence-corrected chi connectivity index (χ1v) is 1.49. The van der Waals surface area contributed by atoms with Crippen LogP contribution < -0.4 is 0 Å². The van der Waals surface area contributed by atoms with Crippen molar-refractivity contribution in [3.63, 3.8) is 0 Å². The Balaban J connectivity index is 2.77. The van der Waals surface area contributed by atoms with Gasteiger partial charge in [0.15, 0.2) is 0 Å². The summed E-state index contributed by atoms with van der Waals surface area (Å²) < 4.78 is 0. The fraction of sp³-hybridized carbons (Fsp3) is 1.00. The third kappa shape index (κ3) is 0.756. The van der Waals surface area contributed by atoms with Crippen LogP contribution in [-0.4, -0.2) is 16.2 Å². The van der Waals surface area contributed by atoms with Crippen LogP contribution in [0, 0.1) is 0 Å². The van der Waals surface area contributed by atoms with E-state index in [0.29, 0.717) is 0 Å². The van der Waals surface area contributed by atoms with Crippen LogP contribution in [0.4, 0.5) is 0 Å². The topological polar surface area (TPSA) is 89.9 Å². The second kappa shape index (κ2) is 1.04. The van der Waals surface area contributed by atoms with Gasteiger partial charge in [-0.2, -0.15) is 0 Å².